The maximum absolute atomic E-state index is 13.9. The minimum absolute atomic E-state index is 0.0398. The van der Waals surface area contributed by atoms with Crippen LogP contribution in [-0.4, -0.2) is 22.9 Å². The third-order valence-corrected chi connectivity index (χ3v) is 4.74. The maximum Gasteiger partial charge on any atom is 0.329 e. The smallest absolute Gasteiger partial charge is 0.329 e. The Bertz CT molecular complexity index is 1040. The predicted molar refractivity (Wildman–Crippen MR) is 117 cm³/mol. The summed E-state index contributed by atoms with van der Waals surface area (Å²) in [5, 5.41) is 2.57. The van der Waals surface area contributed by atoms with Gasteiger partial charge in [0.2, 0.25) is 0 Å². The van der Waals surface area contributed by atoms with Gasteiger partial charge in [0.1, 0.15) is 30.8 Å². The Hall–Kier alpha value is -3.74. The molecule has 0 unspecified atom stereocenters. The molecule has 1 aromatic heterocycles. The van der Waals surface area contributed by atoms with Crippen molar-refractivity contribution in [1.82, 2.24) is 10.3 Å². The molecular formula is C25H25FN2O4. The van der Waals surface area contributed by atoms with Crippen LogP contribution in [0.1, 0.15) is 35.5 Å². The number of pyridine rings is 1. The molecule has 32 heavy (non-hydrogen) atoms. The molecule has 0 saturated heterocycles. The quantitative estimate of drug-likeness (QED) is 0.506. The van der Waals surface area contributed by atoms with Gasteiger partial charge in [-0.2, -0.15) is 0 Å². The van der Waals surface area contributed by atoms with E-state index in [-0.39, 0.29) is 18.1 Å². The summed E-state index contributed by atoms with van der Waals surface area (Å²) in [5.41, 5.74) is 1.47. The standard InChI is InChI=1S/C25H25FN2O4/c1-17(2)23(28-24(29)21-8-3-4-9-22(21)26)25(30)32-15-18-10-12-20(13-11-18)31-16-19-7-5-6-14-27-19/h3-14,17,23H,15-16H2,1-2H3,(H,28,29)/t23-/m0/s1. The lowest BCUT2D eigenvalue weighted by Gasteiger charge is -2.21. The summed E-state index contributed by atoms with van der Waals surface area (Å²) in [6.07, 6.45) is 1.71. The van der Waals surface area contributed by atoms with E-state index in [0.717, 1.165) is 11.3 Å². The lowest BCUT2D eigenvalue weighted by atomic mass is 10.0. The number of halogens is 1. The van der Waals surface area contributed by atoms with Crippen LogP contribution in [0.25, 0.3) is 0 Å². The number of ether oxygens (including phenoxy) is 2. The summed E-state index contributed by atoms with van der Waals surface area (Å²) in [6.45, 7) is 3.95. The van der Waals surface area contributed by atoms with Crippen LogP contribution in [-0.2, 0) is 22.7 Å². The molecule has 0 bridgehead atoms. The molecule has 0 saturated carbocycles. The van der Waals surface area contributed by atoms with E-state index in [1.807, 2.05) is 18.2 Å². The van der Waals surface area contributed by atoms with Gasteiger partial charge < -0.3 is 14.8 Å². The van der Waals surface area contributed by atoms with E-state index >= 15 is 0 Å². The largest absolute Gasteiger partial charge is 0.487 e. The van der Waals surface area contributed by atoms with Crippen LogP contribution in [0.2, 0.25) is 0 Å². The zero-order chi connectivity index (χ0) is 22.9. The molecule has 2 aromatic carbocycles. The lowest BCUT2D eigenvalue weighted by molar-refractivity contribution is -0.148. The third kappa shape index (κ3) is 6.38. The molecule has 166 valence electrons. The average molecular weight is 436 g/mol. The van der Waals surface area contributed by atoms with Crippen molar-refractivity contribution >= 4 is 11.9 Å². The highest BCUT2D eigenvalue weighted by Gasteiger charge is 2.27. The molecule has 0 spiro atoms. The fourth-order valence-corrected chi connectivity index (χ4v) is 2.93. The number of aromatic nitrogens is 1. The van der Waals surface area contributed by atoms with E-state index in [1.165, 1.54) is 18.2 Å². The van der Waals surface area contributed by atoms with Crippen LogP contribution in [0.15, 0.2) is 72.9 Å². The van der Waals surface area contributed by atoms with Gasteiger partial charge in [-0.3, -0.25) is 9.78 Å². The number of rotatable bonds is 9. The van der Waals surface area contributed by atoms with Gasteiger partial charge >= 0.3 is 5.97 Å². The number of nitrogens with one attached hydrogen (secondary N) is 1. The van der Waals surface area contributed by atoms with Crippen molar-refractivity contribution in [3.05, 3.63) is 95.6 Å². The van der Waals surface area contributed by atoms with Gasteiger partial charge in [-0.1, -0.05) is 44.2 Å². The number of esters is 1. The topological polar surface area (TPSA) is 77.5 Å². The van der Waals surface area contributed by atoms with Crippen molar-refractivity contribution in [3.63, 3.8) is 0 Å². The van der Waals surface area contributed by atoms with Crippen molar-refractivity contribution in [3.8, 4) is 5.75 Å². The van der Waals surface area contributed by atoms with Gasteiger partial charge in [-0.25, -0.2) is 9.18 Å². The molecule has 0 fully saturated rings. The Kier molecular flexibility index (Phi) is 7.91. The van der Waals surface area contributed by atoms with E-state index < -0.39 is 23.7 Å². The third-order valence-electron chi connectivity index (χ3n) is 4.74. The van der Waals surface area contributed by atoms with Crippen LogP contribution in [0.5, 0.6) is 5.75 Å². The SMILES string of the molecule is CC(C)[C@H](NC(=O)c1ccccc1F)C(=O)OCc1ccc(OCc2ccccn2)cc1. The van der Waals surface area contributed by atoms with Crippen molar-refractivity contribution in [2.24, 2.45) is 5.92 Å². The fraction of sp³-hybridized carbons (Fsp3) is 0.240. The Balaban J connectivity index is 1.53. The highest BCUT2D eigenvalue weighted by Crippen LogP contribution is 2.15. The first-order valence-corrected chi connectivity index (χ1v) is 10.3. The molecule has 6 nitrogen and oxygen atoms in total. The maximum atomic E-state index is 13.9. The van der Waals surface area contributed by atoms with E-state index in [0.29, 0.717) is 12.4 Å². The number of hydrogen-bond acceptors (Lipinski definition) is 5. The molecule has 7 heteroatoms. The number of hydrogen-bond donors (Lipinski definition) is 1. The number of carbonyl (C=O) groups excluding carboxylic acids is 2. The molecule has 0 aliphatic heterocycles. The first kappa shape index (κ1) is 22.9. The zero-order valence-corrected chi connectivity index (χ0v) is 18.0. The van der Waals surface area contributed by atoms with Crippen LogP contribution in [0.3, 0.4) is 0 Å². The summed E-state index contributed by atoms with van der Waals surface area (Å²) in [6, 6.07) is 17.5. The molecule has 1 amide bonds. The number of benzene rings is 2. The molecule has 0 aliphatic carbocycles. The second-order valence-electron chi connectivity index (χ2n) is 7.54. The highest BCUT2D eigenvalue weighted by molar-refractivity contribution is 5.97. The molecule has 1 N–H and O–H groups in total. The van der Waals surface area contributed by atoms with Gasteiger partial charge in [0, 0.05) is 6.20 Å². The first-order valence-electron chi connectivity index (χ1n) is 10.3. The van der Waals surface area contributed by atoms with Gasteiger partial charge in [0.25, 0.3) is 5.91 Å². The monoisotopic (exact) mass is 436 g/mol. The number of carbonyl (C=O) groups is 2. The average Bonchev–Trinajstić information content (AvgIpc) is 2.81. The fourth-order valence-electron chi connectivity index (χ4n) is 2.93. The lowest BCUT2D eigenvalue weighted by Crippen LogP contribution is -2.45. The second-order valence-corrected chi connectivity index (χ2v) is 7.54. The minimum atomic E-state index is -0.900. The van der Waals surface area contributed by atoms with Crippen molar-refractivity contribution in [2.75, 3.05) is 0 Å². The van der Waals surface area contributed by atoms with Crippen LogP contribution in [0.4, 0.5) is 4.39 Å². The van der Waals surface area contributed by atoms with Gasteiger partial charge in [-0.15, -0.1) is 0 Å². The van der Waals surface area contributed by atoms with E-state index in [9.17, 15) is 14.0 Å². The summed E-state index contributed by atoms with van der Waals surface area (Å²) in [7, 11) is 0. The Labute approximate surface area is 186 Å². The van der Waals surface area contributed by atoms with Crippen molar-refractivity contribution in [2.45, 2.75) is 33.1 Å². The van der Waals surface area contributed by atoms with E-state index in [1.54, 1.807) is 50.4 Å². The Morgan fingerprint density at radius 1 is 0.969 bits per heavy atom. The summed E-state index contributed by atoms with van der Waals surface area (Å²) < 4.78 is 24.9. The number of amides is 1. The van der Waals surface area contributed by atoms with Crippen LogP contribution >= 0.6 is 0 Å². The minimum Gasteiger partial charge on any atom is -0.487 e. The summed E-state index contributed by atoms with van der Waals surface area (Å²) in [4.78, 5) is 29.2. The molecule has 1 heterocycles. The normalized spacial score (nSPS) is 11.6. The molecule has 3 rings (SSSR count). The predicted octanol–water partition coefficient (Wildman–Crippen LogP) is 4.30. The first-order chi connectivity index (χ1) is 15.4. The molecule has 1 atom stereocenters. The van der Waals surface area contributed by atoms with Crippen LogP contribution < -0.4 is 10.1 Å². The van der Waals surface area contributed by atoms with Crippen molar-refractivity contribution in [1.29, 1.82) is 0 Å². The number of nitrogens with zero attached hydrogens (tertiary/aromatic N) is 1. The summed E-state index contributed by atoms with van der Waals surface area (Å²) >= 11 is 0. The zero-order valence-electron chi connectivity index (χ0n) is 18.0. The Morgan fingerprint density at radius 3 is 2.34 bits per heavy atom. The van der Waals surface area contributed by atoms with E-state index in [2.05, 4.69) is 10.3 Å². The van der Waals surface area contributed by atoms with Crippen molar-refractivity contribution < 1.29 is 23.5 Å². The Morgan fingerprint density at radius 2 is 1.69 bits per heavy atom. The highest BCUT2D eigenvalue weighted by atomic mass is 19.1. The molecule has 0 aliphatic rings. The van der Waals surface area contributed by atoms with E-state index in [4.69, 9.17) is 9.47 Å². The molecular weight excluding hydrogens is 411 g/mol. The molecule has 0 radical (unpaired) electrons. The summed E-state index contributed by atoms with van der Waals surface area (Å²) in [5.74, 6) is -1.46. The van der Waals surface area contributed by atoms with Gasteiger partial charge in [0.15, 0.2) is 0 Å². The second kappa shape index (κ2) is 11.0. The van der Waals surface area contributed by atoms with Gasteiger partial charge in [-0.05, 0) is 47.9 Å². The van der Waals surface area contributed by atoms with Gasteiger partial charge in [0.05, 0.1) is 11.3 Å². The van der Waals surface area contributed by atoms with Crippen LogP contribution in [0, 0.1) is 11.7 Å². The molecule has 3 aromatic rings.